The van der Waals surface area contributed by atoms with Crippen molar-refractivity contribution in [2.45, 2.75) is 53.2 Å². The fourth-order valence-corrected chi connectivity index (χ4v) is 4.01. The first kappa shape index (κ1) is 24.6. The minimum Gasteiger partial charge on any atom is -0.378 e. The molecule has 0 atom stereocenters. The lowest BCUT2D eigenvalue weighted by Gasteiger charge is -2.36. The number of carbonyl (C=O) groups is 1. The summed E-state index contributed by atoms with van der Waals surface area (Å²) in [6, 6.07) is 0. The van der Waals surface area contributed by atoms with Crippen LogP contribution in [0.4, 0.5) is 0 Å². The Kier molecular flexibility index (Phi) is 9.65. The maximum absolute atomic E-state index is 12.4. The number of rotatable bonds is 8. The molecule has 1 fully saturated rings. The van der Waals surface area contributed by atoms with E-state index in [9.17, 15) is 13.2 Å². The van der Waals surface area contributed by atoms with Gasteiger partial charge in [-0.3, -0.25) is 4.79 Å². The number of guanidine groups is 1. The Morgan fingerprint density at radius 2 is 1.79 bits per heavy atom. The molecule has 1 saturated heterocycles. The number of piperazine rings is 1. The van der Waals surface area contributed by atoms with Gasteiger partial charge in [0.15, 0.2) is 5.96 Å². The second kappa shape index (κ2) is 11.0. The van der Waals surface area contributed by atoms with E-state index in [4.69, 9.17) is 4.74 Å². The van der Waals surface area contributed by atoms with Gasteiger partial charge in [-0.1, -0.05) is 0 Å². The Hall–Kier alpha value is -1.39. The first-order valence-electron chi connectivity index (χ1n) is 9.88. The largest absolute Gasteiger partial charge is 0.378 e. The van der Waals surface area contributed by atoms with E-state index < -0.39 is 10.0 Å². The number of aliphatic imine (C=N–C) groups is 1. The molecule has 2 N–H and O–H groups in total. The van der Waals surface area contributed by atoms with Gasteiger partial charge in [-0.15, -0.1) is 0 Å². The molecule has 0 aromatic rings. The third-order valence-electron chi connectivity index (χ3n) is 3.95. The van der Waals surface area contributed by atoms with Crippen LogP contribution in [-0.2, 0) is 19.6 Å². The average Bonchev–Trinajstić information content (AvgIpc) is 2.56. The van der Waals surface area contributed by atoms with Gasteiger partial charge in [0.25, 0.3) is 0 Å². The maximum Gasteiger partial charge on any atom is 0.242 e. The van der Waals surface area contributed by atoms with Crippen LogP contribution in [0.3, 0.4) is 0 Å². The molecular formula is C18H37N5O4S. The van der Waals surface area contributed by atoms with Gasteiger partial charge in [0.2, 0.25) is 15.9 Å². The lowest BCUT2D eigenvalue weighted by molar-refractivity contribution is -0.121. The van der Waals surface area contributed by atoms with Crippen LogP contribution in [0.15, 0.2) is 4.99 Å². The molecule has 0 unspecified atom stereocenters. The molecule has 0 saturated carbocycles. The molecule has 0 radical (unpaired) electrons. The van der Waals surface area contributed by atoms with Crippen molar-refractivity contribution >= 4 is 21.9 Å². The Morgan fingerprint density at radius 3 is 2.29 bits per heavy atom. The molecule has 1 rings (SSSR count). The van der Waals surface area contributed by atoms with E-state index in [0.717, 1.165) is 0 Å². The topological polar surface area (TPSA) is 103 Å². The van der Waals surface area contributed by atoms with Crippen molar-refractivity contribution in [1.82, 2.24) is 19.8 Å². The normalized spacial score (nSPS) is 17.1. The smallest absolute Gasteiger partial charge is 0.242 e. The van der Waals surface area contributed by atoms with Gasteiger partial charge in [-0.2, -0.15) is 4.31 Å². The van der Waals surface area contributed by atoms with E-state index in [1.54, 1.807) is 0 Å². The summed E-state index contributed by atoms with van der Waals surface area (Å²) < 4.78 is 31.8. The van der Waals surface area contributed by atoms with Crippen molar-refractivity contribution in [2.75, 3.05) is 51.6 Å². The third-order valence-corrected chi connectivity index (χ3v) is 5.78. The van der Waals surface area contributed by atoms with Gasteiger partial charge in [0, 0.05) is 38.3 Å². The standard InChI is InChI=1S/C18H37N5O4S/c1-7-19-17(20-14-16(24)21-18(4,5)6)22-8-10-23(11-9-22)28(25,26)13-12-27-15(2)3/h15H,7-14H2,1-6H3,(H,19,20)(H,21,24). The van der Waals surface area contributed by atoms with Crippen LogP contribution in [0.2, 0.25) is 0 Å². The highest BCUT2D eigenvalue weighted by Gasteiger charge is 2.28. The number of carbonyl (C=O) groups excluding carboxylic acids is 1. The molecular weight excluding hydrogens is 382 g/mol. The number of hydrogen-bond donors (Lipinski definition) is 2. The lowest BCUT2D eigenvalue weighted by atomic mass is 10.1. The molecule has 1 aliphatic rings. The Labute approximate surface area is 169 Å². The van der Waals surface area contributed by atoms with Crippen LogP contribution >= 0.6 is 0 Å². The maximum atomic E-state index is 12.4. The summed E-state index contributed by atoms with van der Waals surface area (Å²) in [5, 5.41) is 6.06. The molecule has 1 heterocycles. The highest BCUT2D eigenvalue weighted by Crippen LogP contribution is 2.09. The third kappa shape index (κ3) is 9.20. The van der Waals surface area contributed by atoms with Crippen molar-refractivity contribution in [3.63, 3.8) is 0 Å². The van der Waals surface area contributed by atoms with Crippen LogP contribution in [0.5, 0.6) is 0 Å². The molecule has 28 heavy (non-hydrogen) atoms. The van der Waals surface area contributed by atoms with E-state index in [1.165, 1.54) is 4.31 Å². The van der Waals surface area contributed by atoms with Crippen molar-refractivity contribution in [3.05, 3.63) is 0 Å². The average molecular weight is 420 g/mol. The zero-order valence-electron chi connectivity index (χ0n) is 18.1. The molecule has 1 amide bonds. The molecule has 0 bridgehead atoms. The quantitative estimate of drug-likeness (QED) is 0.431. The molecule has 0 spiro atoms. The predicted octanol–water partition coefficient (Wildman–Crippen LogP) is 0.239. The molecule has 0 aromatic heterocycles. The number of ether oxygens (including phenoxy) is 1. The van der Waals surface area contributed by atoms with Crippen LogP contribution in [-0.4, -0.2) is 92.8 Å². The highest BCUT2D eigenvalue weighted by atomic mass is 32.2. The van der Waals surface area contributed by atoms with E-state index in [0.29, 0.717) is 38.7 Å². The summed E-state index contributed by atoms with van der Waals surface area (Å²) in [6.07, 6.45) is 0.0152. The van der Waals surface area contributed by atoms with Gasteiger partial charge in [-0.05, 0) is 41.5 Å². The summed E-state index contributed by atoms with van der Waals surface area (Å²) in [6.45, 7) is 14.2. The Balaban J connectivity index is 2.61. The summed E-state index contributed by atoms with van der Waals surface area (Å²) >= 11 is 0. The fraction of sp³-hybridized carbons (Fsp3) is 0.889. The molecule has 1 aliphatic heterocycles. The van der Waals surface area contributed by atoms with Gasteiger partial charge in [0.05, 0.1) is 18.5 Å². The van der Waals surface area contributed by atoms with Crippen molar-refractivity contribution in [2.24, 2.45) is 4.99 Å². The van der Waals surface area contributed by atoms with E-state index in [-0.39, 0.29) is 36.5 Å². The van der Waals surface area contributed by atoms with Crippen molar-refractivity contribution < 1.29 is 17.9 Å². The molecule has 10 heteroatoms. The second-order valence-corrected chi connectivity index (χ2v) is 10.2. The molecule has 0 aliphatic carbocycles. The highest BCUT2D eigenvalue weighted by molar-refractivity contribution is 7.89. The second-order valence-electron chi connectivity index (χ2n) is 8.09. The monoisotopic (exact) mass is 419 g/mol. The summed E-state index contributed by atoms with van der Waals surface area (Å²) in [7, 11) is -3.33. The summed E-state index contributed by atoms with van der Waals surface area (Å²) in [5.41, 5.74) is -0.301. The Morgan fingerprint density at radius 1 is 1.18 bits per heavy atom. The lowest BCUT2D eigenvalue weighted by Crippen LogP contribution is -2.54. The SMILES string of the molecule is CCNC(=NCC(=O)NC(C)(C)C)N1CCN(S(=O)(=O)CCOC(C)C)CC1. The van der Waals surface area contributed by atoms with Crippen molar-refractivity contribution in [3.8, 4) is 0 Å². The molecule has 164 valence electrons. The number of nitrogens with one attached hydrogen (secondary N) is 2. The van der Waals surface area contributed by atoms with E-state index in [2.05, 4.69) is 15.6 Å². The first-order chi connectivity index (χ1) is 12.9. The number of sulfonamides is 1. The van der Waals surface area contributed by atoms with Gasteiger partial charge in [-0.25, -0.2) is 13.4 Å². The minimum atomic E-state index is -3.33. The van der Waals surface area contributed by atoms with Gasteiger partial charge < -0.3 is 20.3 Å². The number of hydrogen-bond acceptors (Lipinski definition) is 5. The predicted molar refractivity (Wildman–Crippen MR) is 112 cm³/mol. The van der Waals surface area contributed by atoms with Crippen LogP contribution in [0, 0.1) is 0 Å². The number of nitrogens with zero attached hydrogens (tertiary/aromatic N) is 3. The van der Waals surface area contributed by atoms with Crippen LogP contribution in [0.25, 0.3) is 0 Å². The van der Waals surface area contributed by atoms with Crippen LogP contribution < -0.4 is 10.6 Å². The Bertz CT molecular complexity index is 620. The van der Waals surface area contributed by atoms with Gasteiger partial charge in [0.1, 0.15) is 6.54 Å². The van der Waals surface area contributed by atoms with Crippen molar-refractivity contribution in [1.29, 1.82) is 0 Å². The zero-order valence-corrected chi connectivity index (χ0v) is 18.9. The van der Waals surface area contributed by atoms with E-state index in [1.807, 2.05) is 46.4 Å². The fourth-order valence-electron chi connectivity index (χ4n) is 2.73. The first-order valence-corrected chi connectivity index (χ1v) is 11.5. The zero-order chi connectivity index (χ0) is 21.4. The number of amides is 1. The minimum absolute atomic E-state index is 0.00763. The van der Waals surface area contributed by atoms with Gasteiger partial charge >= 0.3 is 0 Å². The molecule has 0 aromatic carbocycles. The summed E-state index contributed by atoms with van der Waals surface area (Å²) in [4.78, 5) is 18.4. The van der Waals surface area contributed by atoms with Crippen LogP contribution in [0.1, 0.15) is 41.5 Å². The summed E-state index contributed by atoms with van der Waals surface area (Å²) in [5.74, 6) is 0.479. The van der Waals surface area contributed by atoms with E-state index >= 15 is 0 Å². The molecule has 9 nitrogen and oxygen atoms in total.